The second kappa shape index (κ2) is 4.70. The Bertz CT molecular complexity index is 340. The van der Waals surface area contributed by atoms with Crippen LogP contribution >= 0.6 is 11.8 Å². The van der Waals surface area contributed by atoms with Crippen LogP contribution in [0.4, 0.5) is 13.2 Å². The van der Waals surface area contributed by atoms with Gasteiger partial charge in [-0.2, -0.15) is 8.78 Å². The van der Waals surface area contributed by atoms with Crippen molar-refractivity contribution in [2.75, 3.05) is 0 Å². The summed E-state index contributed by atoms with van der Waals surface area (Å²) in [6.07, 6.45) is -2.76. The first kappa shape index (κ1) is 12.1. The maximum atomic E-state index is 13.1. The molecule has 0 aliphatic carbocycles. The second-order valence-electron chi connectivity index (χ2n) is 2.95. The molecule has 15 heavy (non-hydrogen) atoms. The normalized spacial score (nSPS) is 13.6. The Balaban J connectivity index is 2.76. The summed E-state index contributed by atoms with van der Waals surface area (Å²) in [5.74, 6) is -1.16. The molecule has 1 unspecified atom stereocenters. The van der Waals surface area contributed by atoms with Crippen LogP contribution < -0.4 is 0 Å². The highest BCUT2D eigenvalue weighted by atomic mass is 32.2. The lowest BCUT2D eigenvalue weighted by Crippen LogP contribution is -2.31. The predicted octanol–water partition coefficient (Wildman–Crippen LogP) is 3.30. The zero-order valence-corrected chi connectivity index (χ0v) is 8.73. The molecule has 1 atom stereocenters. The van der Waals surface area contributed by atoms with E-state index in [9.17, 15) is 18.0 Å². The molecule has 0 amide bonds. The molecule has 0 aliphatic rings. The SMILES string of the molecule is CC(=O)C(F)C(F)(F)Sc1ccccc1. The van der Waals surface area contributed by atoms with E-state index >= 15 is 0 Å². The Morgan fingerprint density at radius 1 is 1.33 bits per heavy atom. The lowest BCUT2D eigenvalue weighted by atomic mass is 10.3. The van der Waals surface area contributed by atoms with Crippen LogP contribution in [0.2, 0.25) is 0 Å². The van der Waals surface area contributed by atoms with Gasteiger partial charge in [0.05, 0.1) is 0 Å². The van der Waals surface area contributed by atoms with Crippen molar-refractivity contribution < 1.29 is 18.0 Å². The van der Waals surface area contributed by atoms with Crippen LogP contribution in [0.15, 0.2) is 35.2 Å². The third-order valence-corrected chi connectivity index (χ3v) is 2.64. The van der Waals surface area contributed by atoms with Crippen molar-refractivity contribution in [3.63, 3.8) is 0 Å². The number of alkyl halides is 3. The van der Waals surface area contributed by atoms with Gasteiger partial charge in [0.15, 0.2) is 5.78 Å². The van der Waals surface area contributed by atoms with Crippen LogP contribution in [-0.2, 0) is 4.79 Å². The third kappa shape index (κ3) is 3.27. The Kier molecular flexibility index (Phi) is 3.79. The van der Waals surface area contributed by atoms with Gasteiger partial charge in [-0.1, -0.05) is 18.2 Å². The Morgan fingerprint density at radius 2 is 1.87 bits per heavy atom. The summed E-state index contributed by atoms with van der Waals surface area (Å²) in [5, 5.41) is -3.72. The molecule has 0 radical (unpaired) electrons. The van der Waals surface area contributed by atoms with Crippen LogP contribution in [0.3, 0.4) is 0 Å². The Labute approximate surface area is 89.7 Å². The molecule has 0 N–H and O–H groups in total. The smallest absolute Gasteiger partial charge is 0.296 e. The van der Waals surface area contributed by atoms with Gasteiger partial charge < -0.3 is 0 Å². The number of carbonyl (C=O) groups is 1. The zero-order chi connectivity index (χ0) is 11.5. The number of hydrogen-bond acceptors (Lipinski definition) is 2. The average Bonchev–Trinajstić information content (AvgIpc) is 2.17. The fourth-order valence-corrected chi connectivity index (χ4v) is 1.81. The molecule has 0 aromatic heterocycles. The van der Waals surface area contributed by atoms with E-state index in [-0.39, 0.29) is 16.7 Å². The first-order valence-corrected chi connectivity index (χ1v) is 5.01. The largest absolute Gasteiger partial charge is 0.335 e. The first-order chi connectivity index (χ1) is 6.93. The van der Waals surface area contributed by atoms with E-state index in [1.165, 1.54) is 12.1 Å². The molecule has 1 rings (SSSR count). The summed E-state index contributed by atoms with van der Waals surface area (Å²) in [5.41, 5.74) is 0. The molecule has 5 heteroatoms. The summed E-state index contributed by atoms with van der Waals surface area (Å²) in [6, 6.07) is 7.68. The summed E-state index contributed by atoms with van der Waals surface area (Å²) in [4.78, 5) is 10.7. The van der Waals surface area contributed by atoms with E-state index in [0.29, 0.717) is 0 Å². The summed E-state index contributed by atoms with van der Waals surface area (Å²) < 4.78 is 39.1. The summed E-state index contributed by atoms with van der Waals surface area (Å²) in [7, 11) is 0. The van der Waals surface area contributed by atoms with Crippen LogP contribution in [0.1, 0.15) is 6.92 Å². The number of rotatable bonds is 4. The molecule has 0 saturated carbocycles. The first-order valence-electron chi connectivity index (χ1n) is 4.20. The number of halogens is 3. The molecule has 0 saturated heterocycles. The minimum atomic E-state index is -3.72. The Morgan fingerprint density at radius 3 is 2.33 bits per heavy atom. The van der Waals surface area contributed by atoms with Gasteiger partial charge in [-0.15, -0.1) is 0 Å². The van der Waals surface area contributed by atoms with Gasteiger partial charge >= 0.3 is 5.25 Å². The molecule has 1 nitrogen and oxygen atoms in total. The third-order valence-electron chi connectivity index (χ3n) is 1.65. The van der Waals surface area contributed by atoms with Gasteiger partial charge in [-0.25, -0.2) is 4.39 Å². The molecule has 0 heterocycles. The Hall–Kier alpha value is -0.970. The summed E-state index contributed by atoms with van der Waals surface area (Å²) in [6.45, 7) is 0.810. The topological polar surface area (TPSA) is 17.1 Å². The maximum absolute atomic E-state index is 13.1. The van der Waals surface area contributed by atoms with Gasteiger partial charge in [0, 0.05) is 4.90 Å². The molecule has 82 valence electrons. The van der Waals surface area contributed by atoms with Crippen molar-refractivity contribution in [3.05, 3.63) is 30.3 Å². The minimum absolute atomic E-state index is 0.0531. The van der Waals surface area contributed by atoms with Crippen LogP contribution in [0, 0.1) is 0 Å². The van der Waals surface area contributed by atoms with Gasteiger partial charge in [0.25, 0.3) is 0 Å². The van der Waals surface area contributed by atoms with Crippen molar-refractivity contribution in [2.24, 2.45) is 0 Å². The monoisotopic (exact) mass is 234 g/mol. The molecular weight excluding hydrogens is 225 g/mol. The summed E-state index contributed by atoms with van der Waals surface area (Å²) >= 11 is 0.0531. The molecule has 0 bridgehead atoms. The molecule has 0 fully saturated rings. The van der Waals surface area contributed by atoms with Crippen LogP contribution in [0.5, 0.6) is 0 Å². The van der Waals surface area contributed by atoms with E-state index < -0.39 is 17.2 Å². The van der Waals surface area contributed by atoms with E-state index in [0.717, 1.165) is 6.92 Å². The van der Waals surface area contributed by atoms with Crippen LogP contribution in [-0.4, -0.2) is 17.2 Å². The number of hydrogen-bond donors (Lipinski definition) is 0. The molecule has 0 aliphatic heterocycles. The van der Waals surface area contributed by atoms with Crippen molar-refractivity contribution >= 4 is 17.5 Å². The highest BCUT2D eigenvalue weighted by Crippen LogP contribution is 2.39. The molecule has 0 spiro atoms. The van der Waals surface area contributed by atoms with Crippen molar-refractivity contribution in [3.8, 4) is 0 Å². The number of thioether (sulfide) groups is 1. The number of Topliss-reactive ketones (excluding diaryl/α,β-unsaturated/α-hetero) is 1. The van der Waals surface area contributed by atoms with E-state index in [4.69, 9.17) is 0 Å². The second-order valence-corrected chi connectivity index (χ2v) is 4.17. The molecule has 1 aromatic rings. The molecular formula is C10H9F3OS. The van der Waals surface area contributed by atoms with Crippen molar-refractivity contribution in [1.82, 2.24) is 0 Å². The number of ketones is 1. The van der Waals surface area contributed by atoms with Crippen molar-refractivity contribution in [2.45, 2.75) is 23.2 Å². The fourth-order valence-electron chi connectivity index (χ4n) is 0.934. The number of carbonyl (C=O) groups excluding carboxylic acids is 1. The highest BCUT2D eigenvalue weighted by Gasteiger charge is 2.44. The standard InChI is InChI=1S/C10H9F3OS/c1-7(14)9(11)10(12,13)15-8-5-3-2-4-6-8/h2-6,9H,1H3. The predicted molar refractivity (Wildman–Crippen MR) is 52.8 cm³/mol. The van der Waals surface area contributed by atoms with Crippen LogP contribution in [0.25, 0.3) is 0 Å². The van der Waals surface area contributed by atoms with E-state index in [1.807, 2.05) is 0 Å². The number of benzene rings is 1. The maximum Gasteiger partial charge on any atom is 0.335 e. The van der Waals surface area contributed by atoms with Gasteiger partial charge in [-0.05, 0) is 30.8 Å². The van der Waals surface area contributed by atoms with Gasteiger partial charge in [0.1, 0.15) is 0 Å². The van der Waals surface area contributed by atoms with Gasteiger partial charge in [-0.3, -0.25) is 4.79 Å². The quantitative estimate of drug-likeness (QED) is 0.743. The molecule has 1 aromatic carbocycles. The average molecular weight is 234 g/mol. The zero-order valence-electron chi connectivity index (χ0n) is 7.91. The van der Waals surface area contributed by atoms with Crippen molar-refractivity contribution in [1.29, 1.82) is 0 Å². The van der Waals surface area contributed by atoms with Gasteiger partial charge in [0.2, 0.25) is 6.17 Å². The minimum Gasteiger partial charge on any atom is -0.296 e. The highest BCUT2D eigenvalue weighted by molar-refractivity contribution is 8.00. The lowest BCUT2D eigenvalue weighted by molar-refractivity contribution is -0.128. The fraction of sp³-hybridized carbons (Fsp3) is 0.300. The lowest BCUT2D eigenvalue weighted by Gasteiger charge is -2.17. The van der Waals surface area contributed by atoms with E-state index in [2.05, 4.69) is 0 Å². The van der Waals surface area contributed by atoms with E-state index in [1.54, 1.807) is 18.2 Å².